The maximum Gasteiger partial charge on any atom is 0.341 e. The van der Waals surface area contributed by atoms with Crippen LogP contribution >= 0.6 is 0 Å². The Bertz CT molecular complexity index is 3440. The van der Waals surface area contributed by atoms with Crippen molar-refractivity contribution in [3.63, 3.8) is 0 Å². The molecule has 90 heavy (non-hydrogen) atoms. The van der Waals surface area contributed by atoms with Crippen molar-refractivity contribution in [3.8, 4) is 0 Å². The van der Waals surface area contributed by atoms with Crippen LogP contribution in [0.4, 0.5) is 29.7 Å². The molecule has 5 aliphatic carbocycles. The number of aryl methyl sites for hydroxylation is 5. The molecule has 0 amide bonds. The number of piperazine rings is 1. The third-order valence-corrected chi connectivity index (χ3v) is 17.5. The number of esters is 5. The monoisotopic (exact) mass is 1250 g/mol. The Kier molecular flexibility index (Phi) is 18.3. The zero-order chi connectivity index (χ0) is 64.6. The van der Waals surface area contributed by atoms with Crippen molar-refractivity contribution >= 4 is 65.4 Å². The van der Waals surface area contributed by atoms with Crippen molar-refractivity contribution in [1.82, 2.24) is 49.8 Å². The Labute approximate surface area is 518 Å². The highest BCUT2D eigenvalue weighted by Gasteiger charge is 2.72. The van der Waals surface area contributed by atoms with Gasteiger partial charge in [0.25, 0.3) is 0 Å². The molecule has 480 valence electrons. The van der Waals surface area contributed by atoms with Gasteiger partial charge in [-0.15, -0.1) is 0 Å². The van der Waals surface area contributed by atoms with Crippen molar-refractivity contribution in [2.45, 2.75) is 187 Å². The van der Waals surface area contributed by atoms with Crippen LogP contribution in [0.3, 0.4) is 0 Å². The average molecular weight is 1250 g/mol. The average Bonchev–Trinajstić information content (AvgIpc) is 0.913. The molecule has 0 aromatic carbocycles. The highest BCUT2D eigenvalue weighted by molar-refractivity contribution is 5.93. The molecule has 0 bridgehead atoms. The Morgan fingerprint density at radius 3 is 1.11 bits per heavy atom. The van der Waals surface area contributed by atoms with Crippen LogP contribution < -0.4 is 25.3 Å². The first-order chi connectivity index (χ1) is 43.0. The number of hydrogen-bond donors (Lipinski definition) is 5. The standard InChI is InChI=1S/2C24H30N6O6.C12H15N3O3/c1-5-35-19(31)15-11-25-21(27-13(15)3)29-17-7-10-24(17,34)30(18-8-9-23(18,29)33)22-26-12-16(14(4)28-22)20(32)36-6-2;1-5-34-19(31)15-11-25-21(27-13(15)3)29-17-7-9-23(17)30(18-8-10-24(18,33)36-23)22-26-12-16(14(4)28-22)20(32)35-6-2;1-3-18-11(17)8-6-13-12(14-7(8)2)15-9-4-5-10(9)16/h11-12,17-18,33-34H,5-10H2,1-4H3;11-12,17-18,33H,5-10H2,1-4H3,(H,25,27,29);6,9H,3-5H2,1-2H3,(H,13,14,15). The van der Waals surface area contributed by atoms with Crippen LogP contribution in [0.15, 0.2) is 31.0 Å². The second-order valence-electron chi connectivity index (χ2n) is 22.8. The normalized spacial score (nSPS) is 26.3. The lowest BCUT2D eigenvalue weighted by molar-refractivity contribution is -0.273. The summed E-state index contributed by atoms with van der Waals surface area (Å²) in [6.07, 6.45) is 13.2. The predicted molar refractivity (Wildman–Crippen MR) is 317 cm³/mol. The van der Waals surface area contributed by atoms with E-state index in [2.05, 4.69) is 60.5 Å². The lowest BCUT2D eigenvalue weighted by Crippen LogP contribution is -2.87. The molecule has 5 aromatic rings. The minimum atomic E-state index is -1.37. The van der Waals surface area contributed by atoms with Crippen molar-refractivity contribution in [2.75, 3.05) is 58.4 Å². The van der Waals surface area contributed by atoms with E-state index in [0.717, 1.165) is 19.3 Å². The van der Waals surface area contributed by atoms with Crippen molar-refractivity contribution in [3.05, 3.63) is 87.3 Å². The molecule has 5 aromatic heterocycles. The van der Waals surface area contributed by atoms with Crippen LogP contribution in [0.1, 0.15) is 179 Å². The van der Waals surface area contributed by atoms with E-state index in [1.165, 1.54) is 31.0 Å². The molecule has 7 fully saturated rings. The van der Waals surface area contributed by atoms with Gasteiger partial charge in [0.15, 0.2) is 28.7 Å². The highest BCUT2D eigenvalue weighted by Crippen LogP contribution is 2.59. The smallest absolute Gasteiger partial charge is 0.341 e. The summed E-state index contributed by atoms with van der Waals surface area (Å²) in [6.45, 7) is 18.5. The first-order valence-electron chi connectivity index (χ1n) is 30.3. The quantitative estimate of drug-likeness (QED) is 0.0641. The summed E-state index contributed by atoms with van der Waals surface area (Å²) >= 11 is 0. The third-order valence-electron chi connectivity index (χ3n) is 17.5. The molecule has 7 heterocycles. The number of hydrogen-bond acceptors (Lipinski definition) is 30. The van der Waals surface area contributed by atoms with Gasteiger partial charge in [0.05, 0.1) is 120 Å². The Balaban J connectivity index is 0.000000157. The van der Waals surface area contributed by atoms with Crippen LogP contribution in [0.25, 0.3) is 0 Å². The van der Waals surface area contributed by atoms with E-state index < -0.39 is 64.9 Å². The van der Waals surface area contributed by atoms with Crippen LogP contribution in [0.2, 0.25) is 0 Å². The fourth-order valence-corrected chi connectivity index (χ4v) is 12.2. The maximum absolute atomic E-state index is 12.2. The zero-order valence-electron chi connectivity index (χ0n) is 51.9. The fraction of sp³-hybridized carbons (Fsp3) is 0.567. The molecule has 5 N–H and O–H groups in total. The summed E-state index contributed by atoms with van der Waals surface area (Å²) in [4.78, 5) is 121. The Hall–Kier alpha value is -8.74. The number of Topliss-reactive ketones (excluding diaryl/α,β-unsaturated/α-hetero) is 1. The largest absolute Gasteiger partial charge is 0.462 e. The number of ketones is 1. The van der Waals surface area contributed by atoms with Gasteiger partial charge in [-0.05, 0) is 121 Å². The Morgan fingerprint density at radius 1 is 0.478 bits per heavy atom. The molecule has 1 spiro atoms. The van der Waals surface area contributed by atoms with Crippen LogP contribution in [-0.2, 0) is 33.2 Å². The van der Waals surface area contributed by atoms with E-state index in [0.29, 0.717) is 115 Å². The molecule has 5 saturated carbocycles. The maximum atomic E-state index is 12.2. The topological polar surface area (TPSA) is 381 Å². The molecule has 12 rings (SSSR count). The minimum Gasteiger partial charge on any atom is -0.462 e. The van der Waals surface area contributed by atoms with Gasteiger partial charge in [-0.3, -0.25) is 4.79 Å². The number of anilines is 5. The van der Waals surface area contributed by atoms with Crippen molar-refractivity contribution in [1.29, 1.82) is 0 Å². The number of aliphatic hydroxyl groups is 3. The number of nitrogens with zero attached hydrogens (tertiary/aromatic N) is 13. The van der Waals surface area contributed by atoms with E-state index in [1.807, 2.05) is 4.90 Å². The van der Waals surface area contributed by atoms with Crippen LogP contribution in [-0.4, -0.2) is 187 Å². The van der Waals surface area contributed by atoms with Gasteiger partial charge in [0.2, 0.25) is 29.7 Å². The second kappa shape index (κ2) is 25.6. The summed E-state index contributed by atoms with van der Waals surface area (Å²) < 4.78 is 31.5. The highest BCUT2D eigenvalue weighted by atomic mass is 16.7. The number of carbonyl (C=O) groups is 6. The summed E-state index contributed by atoms with van der Waals surface area (Å²) in [7, 11) is 0. The lowest BCUT2D eigenvalue weighted by atomic mass is 9.67. The van der Waals surface area contributed by atoms with Gasteiger partial charge in [-0.2, -0.15) is 0 Å². The zero-order valence-corrected chi connectivity index (χ0v) is 51.9. The van der Waals surface area contributed by atoms with E-state index in [1.54, 1.807) is 79.0 Å². The van der Waals surface area contributed by atoms with Gasteiger partial charge in [0.1, 0.15) is 0 Å². The van der Waals surface area contributed by atoms with E-state index >= 15 is 0 Å². The van der Waals surface area contributed by atoms with E-state index in [-0.39, 0.29) is 73.4 Å². The number of nitrogens with one attached hydrogen (secondary N) is 2. The van der Waals surface area contributed by atoms with Gasteiger partial charge in [-0.25, -0.2) is 73.8 Å². The molecule has 9 atom stereocenters. The van der Waals surface area contributed by atoms with Crippen LogP contribution in [0.5, 0.6) is 0 Å². The van der Waals surface area contributed by atoms with Crippen molar-refractivity contribution in [2.24, 2.45) is 0 Å². The van der Waals surface area contributed by atoms with Crippen molar-refractivity contribution < 1.29 is 72.5 Å². The number of ether oxygens (including phenoxy) is 6. The van der Waals surface area contributed by atoms with Crippen LogP contribution in [0, 0.1) is 34.6 Å². The lowest BCUT2D eigenvalue weighted by Gasteiger charge is -2.70. The third kappa shape index (κ3) is 11.6. The molecule has 9 unspecified atom stereocenters. The first-order valence-corrected chi connectivity index (χ1v) is 30.3. The van der Waals surface area contributed by atoms with E-state index in [9.17, 15) is 44.1 Å². The molecule has 30 heteroatoms. The molecule has 0 radical (unpaired) electrons. The Morgan fingerprint density at radius 2 is 0.833 bits per heavy atom. The summed E-state index contributed by atoms with van der Waals surface area (Å²) in [5.74, 6) is -1.95. The predicted octanol–water partition coefficient (Wildman–Crippen LogP) is 4.27. The fourth-order valence-electron chi connectivity index (χ4n) is 12.2. The van der Waals surface area contributed by atoms with Gasteiger partial charge in [0, 0.05) is 43.8 Å². The summed E-state index contributed by atoms with van der Waals surface area (Å²) in [6, 6.07) is -1.82. The molecular weight excluding hydrogens is 1170 g/mol. The van der Waals surface area contributed by atoms with Gasteiger partial charge >= 0.3 is 29.8 Å². The molecule has 2 aliphatic heterocycles. The van der Waals surface area contributed by atoms with Gasteiger partial charge in [-0.1, -0.05) is 0 Å². The SMILES string of the molecule is CCOC(=O)c1cnc(N2C3CCC3(O)N(c3ncc(C(=O)OCC)c(C)n3)C3CCC32O)nc1C.CCOC(=O)c1cnc(NC2CCC23OC2(O)CCC2N3c2ncc(C(=O)OCC)c(C)n2)nc1C.CCOC(=O)c1cnc(NC2CCC2=O)nc1C. The summed E-state index contributed by atoms with van der Waals surface area (Å²) in [5.41, 5.74) is 0.195. The van der Waals surface area contributed by atoms with E-state index in [4.69, 9.17) is 28.4 Å². The second-order valence-corrected chi connectivity index (χ2v) is 22.8. The summed E-state index contributed by atoms with van der Waals surface area (Å²) in [5, 5.41) is 41.0. The number of fused-ring (bicyclic) bond motifs is 3. The molecule has 2 saturated heterocycles. The minimum absolute atomic E-state index is 0.172. The number of rotatable bonds is 17. The number of carbonyl (C=O) groups excluding carboxylic acids is 6. The van der Waals surface area contributed by atoms with Gasteiger partial charge < -0.3 is 69.1 Å². The molecular formula is C60H75N15O15. The molecule has 7 aliphatic rings. The number of aromatic nitrogens is 10. The molecule has 30 nitrogen and oxygen atoms in total. The first kappa shape index (κ1) is 64.3.